The minimum absolute atomic E-state index is 0.0791. The third kappa shape index (κ3) is 1.63. The van der Waals surface area contributed by atoms with E-state index in [-0.39, 0.29) is 16.1 Å². The maximum atomic E-state index is 10.3. The lowest BCUT2D eigenvalue weighted by Crippen LogP contribution is -2.00. The van der Waals surface area contributed by atoms with Crippen molar-refractivity contribution in [3.63, 3.8) is 0 Å². The minimum Gasteiger partial charge on any atom is -0.506 e. The molecule has 102 valence electrons. The van der Waals surface area contributed by atoms with Crippen LogP contribution in [0.3, 0.4) is 0 Å². The van der Waals surface area contributed by atoms with Gasteiger partial charge in [0, 0.05) is 5.39 Å². The van der Waals surface area contributed by atoms with Gasteiger partial charge < -0.3 is 14.9 Å². The van der Waals surface area contributed by atoms with Gasteiger partial charge in [0.2, 0.25) is 0 Å². The lowest BCUT2D eigenvalue weighted by molar-refractivity contribution is 0.480. The minimum atomic E-state index is -0.148. The van der Waals surface area contributed by atoms with Crippen LogP contribution in [0.1, 0.15) is 0 Å². The van der Waals surface area contributed by atoms with Gasteiger partial charge >= 0.3 is 0 Å². The number of hydrogen-bond donors (Lipinski definition) is 2. The second kappa shape index (κ2) is 4.20. The molecular weight excluding hydrogens is 288 g/mol. The highest BCUT2D eigenvalue weighted by molar-refractivity contribution is 6.38. The fourth-order valence-electron chi connectivity index (χ4n) is 2.52. The van der Waals surface area contributed by atoms with Crippen LogP contribution in [0.5, 0.6) is 5.75 Å². The zero-order valence-corrected chi connectivity index (χ0v) is 11.5. The molecule has 0 radical (unpaired) electrons. The lowest BCUT2D eigenvalue weighted by atomic mass is 10.1. The van der Waals surface area contributed by atoms with Crippen molar-refractivity contribution in [1.29, 1.82) is 5.41 Å². The molecule has 4 rings (SSSR count). The summed E-state index contributed by atoms with van der Waals surface area (Å²) < 4.78 is 5.79. The Kier molecular flexibility index (Phi) is 2.43. The van der Waals surface area contributed by atoms with Crippen molar-refractivity contribution < 1.29 is 9.52 Å². The molecule has 1 aromatic heterocycles. The number of para-hydroxylation sites is 2. The van der Waals surface area contributed by atoms with Gasteiger partial charge in [0.25, 0.3) is 0 Å². The number of rotatable bonds is 0. The van der Waals surface area contributed by atoms with E-state index in [0.29, 0.717) is 33.0 Å². The van der Waals surface area contributed by atoms with Gasteiger partial charge in [0.1, 0.15) is 21.8 Å². The monoisotopic (exact) mass is 296 g/mol. The molecule has 2 N–H and O–H groups in total. The summed E-state index contributed by atoms with van der Waals surface area (Å²) in [6, 6.07) is 12.5. The van der Waals surface area contributed by atoms with Crippen molar-refractivity contribution >= 4 is 44.6 Å². The van der Waals surface area contributed by atoms with E-state index in [1.165, 1.54) is 0 Å². The smallest absolute Gasteiger partial charge is 0.176 e. The van der Waals surface area contributed by atoms with Gasteiger partial charge in [0.15, 0.2) is 11.2 Å². The van der Waals surface area contributed by atoms with E-state index in [0.717, 1.165) is 0 Å². The van der Waals surface area contributed by atoms with Crippen LogP contribution in [0, 0.1) is 5.41 Å². The Hall–Kier alpha value is -2.59. The van der Waals surface area contributed by atoms with E-state index >= 15 is 0 Å². The SMILES string of the molecule is N=c1cccc2c1c(O)c(Cl)c1oc3ccccc3nc12. The van der Waals surface area contributed by atoms with Gasteiger partial charge in [-0.2, -0.15) is 0 Å². The van der Waals surface area contributed by atoms with Crippen LogP contribution in [0.25, 0.3) is 33.0 Å². The first kappa shape index (κ1) is 12.2. The molecule has 0 aliphatic rings. The molecule has 0 fully saturated rings. The van der Waals surface area contributed by atoms with Gasteiger partial charge in [-0.05, 0) is 18.2 Å². The first-order valence-electron chi connectivity index (χ1n) is 6.34. The number of nitrogens with zero attached hydrogens (tertiary/aromatic N) is 1. The number of nitrogens with one attached hydrogen (secondary N) is 1. The molecule has 0 bridgehead atoms. The highest BCUT2D eigenvalue weighted by Gasteiger charge is 2.17. The average molecular weight is 297 g/mol. The summed E-state index contributed by atoms with van der Waals surface area (Å²) in [4.78, 5) is 4.58. The number of phenolic OH excluding ortho intramolecular Hbond substituents is 1. The van der Waals surface area contributed by atoms with E-state index in [2.05, 4.69) is 4.98 Å². The summed E-state index contributed by atoms with van der Waals surface area (Å²) in [5.41, 5.74) is 2.16. The molecule has 21 heavy (non-hydrogen) atoms. The van der Waals surface area contributed by atoms with E-state index in [1.807, 2.05) is 18.2 Å². The molecule has 0 spiro atoms. The molecule has 0 unspecified atom stereocenters. The molecule has 1 heterocycles. The number of halogens is 1. The molecule has 0 amide bonds. The first-order chi connectivity index (χ1) is 10.2. The van der Waals surface area contributed by atoms with E-state index in [4.69, 9.17) is 21.4 Å². The Labute approximate surface area is 123 Å². The molecule has 0 saturated carbocycles. The predicted octanol–water partition coefficient (Wildman–Crippen LogP) is 3.97. The van der Waals surface area contributed by atoms with Crippen LogP contribution in [0.15, 0.2) is 46.9 Å². The zero-order valence-electron chi connectivity index (χ0n) is 10.7. The molecule has 0 atom stereocenters. The number of phenols is 1. The van der Waals surface area contributed by atoms with Gasteiger partial charge in [0.05, 0.1) is 10.7 Å². The Morgan fingerprint density at radius 1 is 1.10 bits per heavy atom. The Morgan fingerprint density at radius 2 is 1.90 bits per heavy atom. The summed E-state index contributed by atoms with van der Waals surface area (Å²) in [6.45, 7) is 0. The maximum absolute atomic E-state index is 10.3. The van der Waals surface area contributed by atoms with E-state index in [9.17, 15) is 5.11 Å². The lowest BCUT2D eigenvalue weighted by Gasteiger charge is -2.09. The Bertz CT molecular complexity index is 1090. The summed E-state index contributed by atoms with van der Waals surface area (Å²) in [6.07, 6.45) is 0. The van der Waals surface area contributed by atoms with Crippen LogP contribution in [-0.2, 0) is 0 Å². The largest absolute Gasteiger partial charge is 0.506 e. The van der Waals surface area contributed by atoms with Crippen molar-refractivity contribution in [2.45, 2.75) is 0 Å². The van der Waals surface area contributed by atoms with E-state index in [1.54, 1.807) is 24.3 Å². The number of benzene rings is 3. The molecular formula is C16H9ClN2O2. The highest BCUT2D eigenvalue weighted by atomic mass is 35.5. The van der Waals surface area contributed by atoms with Crippen molar-refractivity contribution in [2.24, 2.45) is 0 Å². The van der Waals surface area contributed by atoms with Gasteiger partial charge in [-0.15, -0.1) is 0 Å². The van der Waals surface area contributed by atoms with Crippen LogP contribution < -0.4 is 5.36 Å². The molecule has 0 saturated heterocycles. The van der Waals surface area contributed by atoms with Gasteiger partial charge in [-0.25, -0.2) is 4.98 Å². The predicted molar refractivity (Wildman–Crippen MR) is 81.6 cm³/mol. The number of aromatic hydroxyl groups is 1. The summed E-state index contributed by atoms with van der Waals surface area (Å²) in [5.74, 6) is -0.148. The summed E-state index contributed by atoms with van der Waals surface area (Å²) >= 11 is 6.21. The first-order valence-corrected chi connectivity index (χ1v) is 6.72. The Morgan fingerprint density at radius 3 is 2.76 bits per heavy atom. The molecule has 4 nitrogen and oxygen atoms in total. The van der Waals surface area contributed by atoms with Crippen LogP contribution in [-0.4, -0.2) is 10.1 Å². The quantitative estimate of drug-likeness (QED) is 0.381. The molecule has 0 aliphatic heterocycles. The molecule has 0 aliphatic carbocycles. The van der Waals surface area contributed by atoms with Gasteiger partial charge in [-0.3, -0.25) is 0 Å². The number of hydrogen-bond acceptors (Lipinski definition) is 4. The maximum Gasteiger partial charge on any atom is 0.176 e. The molecule has 5 heteroatoms. The van der Waals surface area contributed by atoms with Crippen LogP contribution >= 0.6 is 11.6 Å². The topological polar surface area (TPSA) is 70.1 Å². The third-order valence-electron chi connectivity index (χ3n) is 3.49. The normalized spacial score (nSPS) is 11.5. The standard InChI is InChI=1S/C16H9ClN2O2/c17-13-15(20)12-8(4-3-5-9(12)18)14-16(13)21-11-7-2-1-6-10(11)19-14/h1-7,18,20H. The number of fused-ring (bicyclic) bond motifs is 4. The fraction of sp³-hybridized carbons (Fsp3) is 0. The fourth-order valence-corrected chi connectivity index (χ4v) is 2.74. The highest BCUT2D eigenvalue weighted by Crippen LogP contribution is 2.39. The zero-order chi connectivity index (χ0) is 14.6. The number of aromatic nitrogens is 1. The van der Waals surface area contributed by atoms with Crippen LogP contribution in [0.4, 0.5) is 0 Å². The average Bonchev–Trinajstić information content (AvgIpc) is 2.51. The van der Waals surface area contributed by atoms with Crippen molar-refractivity contribution in [1.82, 2.24) is 4.98 Å². The molecule has 4 aromatic rings. The third-order valence-corrected chi connectivity index (χ3v) is 3.84. The second-order valence-electron chi connectivity index (χ2n) is 4.75. The second-order valence-corrected chi connectivity index (χ2v) is 5.13. The van der Waals surface area contributed by atoms with Crippen molar-refractivity contribution in [2.75, 3.05) is 0 Å². The Balaban J connectivity index is 2.37. The van der Waals surface area contributed by atoms with Crippen molar-refractivity contribution in [3.05, 3.63) is 52.8 Å². The molecule has 3 aromatic carbocycles. The van der Waals surface area contributed by atoms with Crippen molar-refractivity contribution in [3.8, 4) is 5.75 Å². The van der Waals surface area contributed by atoms with E-state index < -0.39 is 0 Å². The van der Waals surface area contributed by atoms with Crippen LogP contribution in [0.2, 0.25) is 5.02 Å². The van der Waals surface area contributed by atoms with Gasteiger partial charge in [-0.1, -0.05) is 35.9 Å². The summed E-state index contributed by atoms with van der Waals surface area (Å²) in [7, 11) is 0. The summed E-state index contributed by atoms with van der Waals surface area (Å²) in [5, 5.41) is 19.5.